The van der Waals surface area contributed by atoms with Crippen LogP contribution < -0.4 is 0 Å². The van der Waals surface area contributed by atoms with Gasteiger partial charge in [0.05, 0.1) is 16.6 Å². The van der Waals surface area contributed by atoms with Crippen molar-refractivity contribution in [3.8, 4) is 0 Å². The highest BCUT2D eigenvalue weighted by atomic mass is 16.3. The van der Waals surface area contributed by atoms with E-state index >= 15 is 0 Å². The second-order valence-corrected chi connectivity index (χ2v) is 7.93. The van der Waals surface area contributed by atoms with Gasteiger partial charge in [0.25, 0.3) is 5.91 Å². The van der Waals surface area contributed by atoms with Crippen LogP contribution in [0.3, 0.4) is 0 Å². The van der Waals surface area contributed by atoms with E-state index in [0.29, 0.717) is 50.1 Å². The molecule has 1 aromatic heterocycles. The fraction of sp³-hybridized carbons (Fsp3) is 0.500. The summed E-state index contributed by atoms with van der Waals surface area (Å²) in [5.41, 5.74) is 1.18. The molecule has 4 rings (SSSR count). The summed E-state index contributed by atoms with van der Waals surface area (Å²) < 4.78 is 0. The number of amides is 3. The monoisotopic (exact) mass is 383 g/mol. The summed E-state index contributed by atoms with van der Waals surface area (Å²) in [6.07, 6.45) is 4.31. The van der Waals surface area contributed by atoms with E-state index in [9.17, 15) is 14.7 Å². The summed E-state index contributed by atoms with van der Waals surface area (Å²) in [5, 5.41) is 11.0. The normalized spacial score (nSPS) is 24.8. The second-order valence-electron chi connectivity index (χ2n) is 7.93. The summed E-state index contributed by atoms with van der Waals surface area (Å²) in [6, 6.07) is 5.27. The van der Waals surface area contributed by atoms with Crippen molar-refractivity contribution in [3.05, 3.63) is 36.2 Å². The summed E-state index contributed by atoms with van der Waals surface area (Å²) in [7, 11) is 3.45. The number of benzene rings is 1. The topological polar surface area (TPSA) is 89.9 Å². The molecule has 2 saturated heterocycles. The highest BCUT2D eigenvalue weighted by Gasteiger charge is 2.47. The quantitative estimate of drug-likeness (QED) is 0.800. The molecule has 0 radical (unpaired) electrons. The molecule has 8 heteroatoms. The van der Waals surface area contributed by atoms with Crippen LogP contribution in [0.1, 0.15) is 23.2 Å². The summed E-state index contributed by atoms with van der Waals surface area (Å²) >= 11 is 0. The Morgan fingerprint density at radius 3 is 2.43 bits per heavy atom. The molecule has 0 bridgehead atoms. The van der Waals surface area contributed by atoms with Crippen molar-refractivity contribution < 1.29 is 14.7 Å². The Morgan fingerprint density at radius 2 is 1.71 bits per heavy atom. The number of fused-ring (bicyclic) bond motifs is 2. The molecule has 2 aliphatic rings. The third-order valence-corrected chi connectivity index (χ3v) is 5.93. The van der Waals surface area contributed by atoms with Gasteiger partial charge in [-0.25, -0.2) is 4.79 Å². The average molecular weight is 383 g/mol. The standard InChI is InChI=1S/C20H25N5O3/c1-23(2)19(27)25-10-6-20(28)5-9-24(12-15(20)13-25)18(26)14-3-4-16-17(11-14)22-8-7-21-16/h3-4,7-8,11,15,28H,5-6,9-10,12-13H2,1-2H3. The Labute approximate surface area is 163 Å². The van der Waals surface area contributed by atoms with Crippen molar-refractivity contribution in [2.75, 3.05) is 40.3 Å². The number of likely N-dealkylation sites (tertiary alicyclic amines) is 2. The molecule has 3 amide bonds. The van der Waals surface area contributed by atoms with E-state index < -0.39 is 5.60 Å². The smallest absolute Gasteiger partial charge is 0.319 e. The minimum Gasteiger partial charge on any atom is -0.389 e. The van der Waals surface area contributed by atoms with Gasteiger partial charge >= 0.3 is 6.03 Å². The van der Waals surface area contributed by atoms with Crippen LogP contribution in [-0.2, 0) is 0 Å². The Kier molecular flexibility index (Phi) is 4.66. The molecule has 0 saturated carbocycles. The number of hydrogen-bond acceptors (Lipinski definition) is 5. The fourth-order valence-electron chi connectivity index (χ4n) is 4.22. The fourth-order valence-corrected chi connectivity index (χ4v) is 4.22. The van der Waals surface area contributed by atoms with E-state index in [4.69, 9.17) is 0 Å². The lowest BCUT2D eigenvalue weighted by Gasteiger charge is -2.50. The first-order chi connectivity index (χ1) is 13.4. The molecule has 0 spiro atoms. The Bertz CT molecular complexity index is 918. The van der Waals surface area contributed by atoms with Gasteiger partial charge < -0.3 is 19.8 Å². The molecule has 8 nitrogen and oxygen atoms in total. The van der Waals surface area contributed by atoms with Crippen molar-refractivity contribution in [3.63, 3.8) is 0 Å². The Balaban J connectivity index is 1.51. The predicted molar refractivity (Wildman–Crippen MR) is 104 cm³/mol. The van der Waals surface area contributed by atoms with E-state index in [-0.39, 0.29) is 17.9 Å². The van der Waals surface area contributed by atoms with Gasteiger partial charge in [-0.1, -0.05) is 0 Å². The van der Waals surface area contributed by atoms with E-state index in [1.54, 1.807) is 59.4 Å². The summed E-state index contributed by atoms with van der Waals surface area (Å²) in [4.78, 5) is 39.0. The summed E-state index contributed by atoms with van der Waals surface area (Å²) in [6.45, 7) is 1.94. The number of urea groups is 1. The van der Waals surface area contributed by atoms with Crippen molar-refractivity contribution in [2.24, 2.45) is 5.92 Å². The van der Waals surface area contributed by atoms with Gasteiger partial charge in [-0.2, -0.15) is 0 Å². The lowest BCUT2D eigenvalue weighted by Crippen LogP contribution is -2.62. The molecule has 1 aromatic carbocycles. The van der Waals surface area contributed by atoms with Crippen molar-refractivity contribution in [1.82, 2.24) is 24.7 Å². The molecule has 0 aliphatic carbocycles. The first-order valence-corrected chi connectivity index (χ1v) is 9.56. The number of carbonyl (C=O) groups excluding carboxylic acids is 2. The zero-order valence-electron chi connectivity index (χ0n) is 16.2. The molecule has 2 aromatic rings. The van der Waals surface area contributed by atoms with Gasteiger partial charge in [-0.05, 0) is 31.0 Å². The molecule has 1 N–H and O–H groups in total. The van der Waals surface area contributed by atoms with E-state index in [1.807, 2.05) is 0 Å². The van der Waals surface area contributed by atoms with E-state index in [0.717, 1.165) is 5.52 Å². The molecule has 148 valence electrons. The number of rotatable bonds is 1. The minimum atomic E-state index is -0.811. The van der Waals surface area contributed by atoms with Gasteiger partial charge in [0.2, 0.25) is 0 Å². The molecule has 2 fully saturated rings. The van der Waals surface area contributed by atoms with Crippen LogP contribution in [0.5, 0.6) is 0 Å². The lowest BCUT2D eigenvalue weighted by atomic mass is 9.75. The van der Waals surface area contributed by atoms with Crippen LogP contribution in [-0.4, -0.2) is 87.6 Å². The molecule has 2 atom stereocenters. The van der Waals surface area contributed by atoms with Gasteiger partial charge in [-0.15, -0.1) is 0 Å². The van der Waals surface area contributed by atoms with Crippen LogP contribution in [0, 0.1) is 5.92 Å². The number of aromatic nitrogens is 2. The molecule has 3 heterocycles. The van der Waals surface area contributed by atoms with Crippen molar-refractivity contribution in [2.45, 2.75) is 18.4 Å². The highest BCUT2D eigenvalue weighted by molar-refractivity contribution is 5.97. The maximum Gasteiger partial charge on any atom is 0.319 e. The van der Waals surface area contributed by atoms with Crippen LogP contribution >= 0.6 is 0 Å². The second kappa shape index (κ2) is 7.01. The van der Waals surface area contributed by atoms with Gasteiger partial charge in [-0.3, -0.25) is 14.8 Å². The van der Waals surface area contributed by atoms with E-state index in [2.05, 4.69) is 9.97 Å². The van der Waals surface area contributed by atoms with Crippen LogP contribution in [0.25, 0.3) is 11.0 Å². The Morgan fingerprint density at radius 1 is 1.07 bits per heavy atom. The molecular weight excluding hydrogens is 358 g/mol. The number of hydrogen-bond donors (Lipinski definition) is 1. The summed E-state index contributed by atoms with van der Waals surface area (Å²) in [5.74, 6) is -0.228. The molecular formula is C20H25N5O3. The first kappa shape index (κ1) is 18.6. The van der Waals surface area contributed by atoms with Gasteiger partial charge in [0.1, 0.15) is 0 Å². The molecule has 28 heavy (non-hydrogen) atoms. The maximum atomic E-state index is 13.1. The zero-order chi connectivity index (χ0) is 19.9. The van der Waals surface area contributed by atoms with Gasteiger partial charge in [0, 0.05) is 64.1 Å². The zero-order valence-corrected chi connectivity index (χ0v) is 16.2. The predicted octanol–water partition coefficient (Wildman–Crippen LogP) is 1.21. The number of piperidine rings is 2. The largest absolute Gasteiger partial charge is 0.389 e. The lowest BCUT2D eigenvalue weighted by molar-refractivity contribution is -0.100. The van der Waals surface area contributed by atoms with Crippen LogP contribution in [0.4, 0.5) is 4.79 Å². The third kappa shape index (κ3) is 3.28. The number of aliphatic hydroxyl groups is 1. The minimum absolute atomic E-state index is 0.0568. The van der Waals surface area contributed by atoms with E-state index in [1.165, 1.54) is 0 Å². The van der Waals surface area contributed by atoms with Crippen molar-refractivity contribution in [1.29, 1.82) is 0 Å². The number of nitrogens with zero attached hydrogens (tertiary/aromatic N) is 5. The maximum absolute atomic E-state index is 13.1. The average Bonchev–Trinajstić information content (AvgIpc) is 2.71. The third-order valence-electron chi connectivity index (χ3n) is 5.93. The SMILES string of the molecule is CN(C)C(=O)N1CCC2(O)CCN(C(=O)c3ccc4nccnc4c3)CC2C1. The van der Waals surface area contributed by atoms with Crippen molar-refractivity contribution >= 4 is 23.0 Å². The highest BCUT2D eigenvalue weighted by Crippen LogP contribution is 2.36. The first-order valence-electron chi connectivity index (χ1n) is 9.56. The van der Waals surface area contributed by atoms with Crippen LogP contribution in [0.15, 0.2) is 30.6 Å². The molecule has 2 aliphatic heterocycles. The van der Waals surface area contributed by atoms with Crippen LogP contribution in [0.2, 0.25) is 0 Å². The Hall–Kier alpha value is -2.74. The van der Waals surface area contributed by atoms with Gasteiger partial charge in [0.15, 0.2) is 0 Å². The molecule has 2 unspecified atom stereocenters. The number of carbonyl (C=O) groups is 2.